The number of hydrogen-bond donors (Lipinski definition) is 1. The number of halogens is 1. The zero-order valence-corrected chi connectivity index (χ0v) is 12.2. The van der Waals surface area contributed by atoms with Crippen molar-refractivity contribution < 1.29 is 13.9 Å². The van der Waals surface area contributed by atoms with Gasteiger partial charge in [0.25, 0.3) is 0 Å². The first kappa shape index (κ1) is 15.0. The molecule has 0 aliphatic carbocycles. The number of nitrogens with one attached hydrogen (secondary N) is 1. The molecule has 3 nitrogen and oxygen atoms in total. The summed E-state index contributed by atoms with van der Waals surface area (Å²) >= 11 is 0. The van der Waals surface area contributed by atoms with Crippen LogP contribution >= 0.6 is 0 Å². The Morgan fingerprint density at radius 1 is 1.14 bits per heavy atom. The fraction of sp³-hybridized carbons (Fsp3) is 0.235. The van der Waals surface area contributed by atoms with E-state index in [1.807, 2.05) is 26.0 Å². The summed E-state index contributed by atoms with van der Waals surface area (Å²) < 4.78 is 18.6. The van der Waals surface area contributed by atoms with E-state index in [-0.39, 0.29) is 24.8 Å². The van der Waals surface area contributed by atoms with E-state index in [4.69, 9.17) is 4.74 Å². The Labute approximate surface area is 123 Å². The molecule has 1 amide bonds. The van der Waals surface area contributed by atoms with Crippen LogP contribution in [-0.2, 0) is 4.79 Å². The lowest BCUT2D eigenvalue weighted by atomic mass is 10.1. The van der Waals surface area contributed by atoms with Gasteiger partial charge in [-0.3, -0.25) is 4.79 Å². The summed E-state index contributed by atoms with van der Waals surface area (Å²) in [6.07, 6.45) is 0.212. The second kappa shape index (κ2) is 6.88. The average Bonchev–Trinajstić information content (AvgIpc) is 2.37. The third-order valence-corrected chi connectivity index (χ3v) is 2.90. The topological polar surface area (TPSA) is 38.3 Å². The number of rotatable bonds is 5. The van der Waals surface area contributed by atoms with Crippen molar-refractivity contribution in [1.29, 1.82) is 0 Å². The number of benzene rings is 2. The van der Waals surface area contributed by atoms with Gasteiger partial charge in [-0.1, -0.05) is 12.1 Å². The van der Waals surface area contributed by atoms with Gasteiger partial charge in [0.05, 0.1) is 13.0 Å². The van der Waals surface area contributed by atoms with Crippen molar-refractivity contribution in [2.75, 3.05) is 11.9 Å². The monoisotopic (exact) mass is 287 g/mol. The van der Waals surface area contributed by atoms with Crippen LogP contribution in [0.5, 0.6) is 5.75 Å². The maximum Gasteiger partial charge on any atom is 0.227 e. The van der Waals surface area contributed by atoms with Crippen LogP contribution in [0, 0.1) is 19.7 Å². The van der Waals surface area contributed by atoms with Crippen LogP contribution in [0.2, 0.25) is 0 Å². The Balaban J connectivity index is 1.81. The standard InChI is InChI=1S/C17H18FNO2/c1-12-8-13(2)10-16(9-12)21-7-6-17(20)19-15-5-3-4-14(18)11-15/h3-5,8-11H,6-7H2,1-2H3,(H,19,20). The molecule has 0 saturated heterocycles. The molecule has 0 bridgehead atoms. The van der Waals surface area contributed by atoms with Gasteiger partial charge in [-0.05, 0) is 55.3 Å². The highest BCUT2D eigenvalue weighted by Crippen LogP contribution is 2.16. The largest absolute Gasteiger partial charge is 0.493 e. The van der Waals surface area contributed by atoms with Crippen LogP contribution in [0.25, 0.3) is 0 Å². The Bertz CT molecular complexity index is 620. The molecule has 0 fully saturated rings. The maximum absolute atomic E-state index is 13.0. The summed E-state index contributed by atoms with van der Waals surface area (Å²) in [7, 11) is 0. The Morgan fingerprint density at radius 3 is 2.52 bits per heavy atom. The predicted molar refractivity (Wildman–Crippen MR) is 81.1 cm³/mol. The number of anilines is 1. The number of aryl methyl sites for hydroxylation is 2. The number of hydrogen-bond acceptors (Lipinski definition) is 2. The SMILES string of the molecule is Cc1cc(C)cc(OCCC(=O)Nc2cccc(F)c2)c1. The fourth-order valence-corrected chi connectivity index (χ4v) is 2.07. The minimum Gasteiger partial charge on any atom is -0.493 e. The number of ether oxygens (including phenoxy) is 1. The molecular formula is C17H18FNO2. The van der Waals surface area contributed by atoms with Crippen LogP contribution in [0.3, 0.4) is 0 Å². The van der Waals surface area contributed by atoms with Gasteiger partial charge >= 0.3 is 0 Å². The van der Waals surface area contributed by atoms with Crippen LogP contribution in [0.4, 0.5) is 10.1 Å². The molecule has 2 rings (SSSR count). The molecule has 0 saturated carbocycles. The lowest BCUT2D eigenvalue weighted by Gasteiger charge is -2.09. The predicted octanol–water partition coefficient (Wildman–Crippen LogP) is 3.85. The molecular weight excluding hydrogens is 269 g/mol. The first-order valence-electron chi connectivity index (χ1n) is 6.79. The van der Waals surface area contributed by atoms with Gasteiger partial charge in [-0.25, -0.2) is 4.39 Å². The summed E-state index contributed by atoms with van der Waals surface area (Å²) in [5.74, 6) is 0.176. The second-order valence-corrected chi connectivity index (χ2v) is 4.98. The lowest BCUT2D eigenvalue weighted by Crippen LogP contribution is -2.15. The van der Waals surface area contributed by atoms with Crippen molar-refractivity contribution in [2.24, 2.45) is 0 Å². The molecule has 0 unspecified atom stereocenters. The third kappa shape index (κ3) is 4.91. The van der Waals surface area contributed by atoms with Crippen molar-refractivity contribution in [3.05, 3.63) is 59.4 Å². The average molecular weight is 287 g/mol. The van der Waals surface area contributed by atoms with E-state index >= 15 is 0 Å². The smallest absolute Gasteiger partial charge is 0.227 e. The molecule has 4 heteroatoms. The molecule has 1 N–H and O–H groups in total. The Hall–Kier alpha value is -2.36. The van der Waals surface area contributed by atoms with Gasteiger partial charge in [-0.2, -0.15) is 0 Å². The van der Waals surface area contributed by atoms with E-state index in [0.717, 1.165) is 16.9 Å². The van der Waals surface area contributed by atoms with Crippen molar-refractivity contribution in [1.82, 2.24) is 0 Å². The van der Waals surface area contributed by atoms with E-state index in [0.29, 0.717) is 5.69 Å². The molecule has 0 aliphatic rings. The fourth-order valence-electron chi connectivity index (χ4n) is 2.07. The van der Waals surface area contributed by atoms with Crippen molar-refractivity contribution in [3.8, 4) is 5.75 Å². The van der Waals surface area contributed by atoms with Crippen LogP contribution in [0.1, 0.15) is 17.5 Å². The van der Waals surface area contributed by atoms with Gasteiger partial charge in [-0.15, -0.1) is 0 Å². The molecule has 2 aromatic rings. The van der Waals surface area contributed by atoms with Crippen LogP contribution < -0.4 is 10.1 Å². The normalized spacial score (nSPS) is 10.2. The number of amides is 1. The van der Waals surface area contributed by atoms with E-state index in [9.17, 15) is 9.18 Å². The molecule has 21 heavy (non-hydrogen) atoms. The van der Waals surface area contributed by atoms with Gasteiger partial charge in [0.1, 0.15) is 11.6 Å². The maximum atomic E-state index is 13.0. The van der Waals surface area contributed by atoms with Gasteiger partial charge in [0.2, 0.25) is 5.91 Å². The highest BCUT2D eigenvalue weighted by atomic mass is 19.1. The van der Waals surface area contributed by atoms with Crippen molar-refractivity contribution >= 4 is 11.6 Å². The second-order valence-electron chi connectivity index (χ2n) is 4.98. The Kier molecular flexibility index (Phi) is 4.93. The summed E-state index contributed by atoms with van der Waals surface area (Å²) in [4.78, 5) is 11.7. The first-order chi connectivity index (χ1) is 10.0. The lowest BCUT2D eigenvalue weighted by molar-refractivity contribution is -0.116. The minimum atomic E-state index is -0.376. The van der Waals surface area contributed by atoms with Crippen LogP contribution in [-0.4, -0.2) is 12.5 Å². The Morgan fingerprint density at radius 2 is 1.86 bits per heavy atom. The molecule has 0 aromatic heterocycles. The molecule has 0 heterocycles. The molecule has 0 radical (unpaired) electrons. The van der Waals surface area contributed by atoms with E-state index < -0.39 is 0 Å². The molecule has 110 valence electrons. The van der Waals surface area contributed by atoms with Crippen molar-refractivity contribution in [2.45, 2.75) is 20.3 Å². The minimum absolute atomic E-state index is 0.204. The summed E-state index contributed by atoms with van der Waals surface area (Å²) in [5, 5.41) is 2.63. The zero-order valence-electron chi connectivity index (χ0n) is 12.2. The van der Waals surface area contributed by atoms with E-state index in [2.05, 4.69) is 11.4 Å². The van der Waals surface area contributed by atoms with E-state index in [1.54, 1.807) is 12.1 Å². The first-order valence-corrected chi connectivity index (χ1v) is 6.79. The summed E-state index contributed by atoms with van der Waals surface area (Å²) in [5.41, 5.74) is 2.69. The summed E-state index contributed by atoms with van der Waals surface area (Å²) in [6.45, 7) is 4.27. The quantitative estimate of drug-likeness (QED) is 0.907. The van der Waals surface area contributed by atoms with Gasteiger partial charge in [0.15, 0.2) is 0 Å². The van der Waals surface area contributed by atoms with Gasteiger partial charge in [0, 0.05) is 5.69 Å². The number of carbonyl (C=O) groups excluding carboxylic acids is 1. The third-order valence-electron chi connectivity index (χ3n) is 2.90. The highest BCUT2D eigenvalue weighted by molar-refractivity contribution is 5.90. The highest BCUT2D eigenvalue weighted by Gasteiger charge is 2.04. The van der Waals surface area contributed by atoms with Crippen LogP contribution in [0.15, 0.2) is 42.5 Å². The molecule has 0 aliphatic heterocycles. The molecule has 2 aromatic carbocycles. The van der Waals surface area contributed by atoms with E-state index in [1.165, 1.54) is 12.1 Å². The molecule has 0 atom stereocenters. The summed E-state index contributed by atoms with van der Waals surface area (Å²) in [6, 6.07) is 11.7. The van der Waals surface area contributed by atoms with Crippen molar-refractivity contribution in [3.63, 3.8) is 0 Å². The zero-order chi connectivity index (χ0) is 15.2. The number of carbonyl (C=O) groups is 1. The van der Waals surface area contributed by atoms with Gasteiger partial charge < -0.3 is 10.1 Å². The molecule has 0 spiro atoms.